The second-order valence-corrected chi connectivity index (χ2v) is 12.4. The summed E-state index contributed by atoms with van der Waals surface area (Å²) in [4.78, 5) is 16.9. The van der Waals surface area contributed by atoms with Crippen molar-refractivity contribution in [2.75, 3.05) is 45.1 Å². The molecule has 3 N–H and O–H groups in total. The highest BCUT2D eigenvalue weighted by atomic mass is 32.2. The van der Waals surface area contributed by atoms with E-state index < -0.39 is 28.1 Å². The Morgan fingerprint density at radius 3 is 2.42 bits per heavy atom. The fourth-order valence-corrected chi connectivity index (χ4v) is 6.72. The number of amides is 1. The number of unbranched alkanes of at least 4 members (excludes halogenated alkanes) is 1. The number of piperazine rings is 1. The summed E-state index contributed by atoms with van der Waals surface area (Å²) in [5.74, 6) is 0.528. The van der Waals surface area contributed by atoms with E-state index in [4.69, 9.17) is 15.2 Å². The van der Waals surface area contributed by atoms with E-state index in [0.717, 1.165) is 23.1 Å². The van der Waals surface area contributed by atoms with Crippen molar-refractivity contribution >= 4 is 15.7 Å². The normalized spacial score (nSPS) is 20.2. The Hall–Kier alpha value is -2.66. The van der Waals surface area contributed by atoms with Gasteiger partial charge in [0.15, 0.2) is 27.4 Å². The predicted octanol–water partition coefficient (Wildman–Crippen LogP) is 2.22. The molecule has 1 fully saturated rings. The van der Waals surface area contributed by atoms with Crippen LogP contribution in [0.5, 0.6) is 11.5 Å². The molecule has 10 heteroatoms. The van der Waals surface area contributed by atoms with E-state index in [9.17, 15) is 18.3 Å². The zero-order chi connectivity index (χ0) is 27.4. The molecule has 0 saturated carbocycles. The third-order valence-corrected chi connectivity index (χ3v) is 9.25. The molecule has 38 heavy (non-hydrogen) atoms. The number of aliphatic hydroxyl groups excluding tert-OH is 1. The van der Waals surface area contributed by atoms with Crippen LogP contribution >= 0.6 is 0 Å². The molecule has 2 aromatic rings. The molecular weight excluding hydrogens is 506 g/mol. The number of hydrogen-bond acceptors (Lipinski definition) is 8. The number of carbonyl (C=O) groups excluding carboxylic acids is 1. The van der Waals surface area contributed by atoms with Crippen LogP contribution in [-0.4, -0.2) is 86.5 Å². The number of aryl methyl sites for hydroxylation is 2. The van der Waals surface area contributed by atoms with E-state index in [1.165, 1.54) is 6.07 Å². The molecule has 2 heterocycles. The first-order valence-electron chi connectivity index (χ1n) is 13.3. The van der Waals surface area contributed by atoms with Crippen LogP contribution in [0.25, 0.3) is 0 Å². The van der Waals surface area contributed by atoms with Crippen molar-refractivity contribution in [1.82, 2.24) is 9.80 Å². The van der Waals surface area contributed by atoms with Crippen LogP contribution in [0.1, 0.15) is 42.5 Å². The van der Waals surface area contributed by atoms with Crippen molar-refractivity contribution in [2.24, 2.45) is 5.73 Å². The van der Waals surface area contributed by atoms with Crippen LogP contribution < -0.4 is 15.2 Å². The first-order valence-corrected chi connectivity index (χ1v) is 14.9. The smallest absolute Gasteiger partial charge is 0.239 e. The van der Waals surface area contributed by atoms with Crippen LogP contribution in [0.2, 0.25) is 0 Å². The van der Waals surface area contributed by atoms with Crippen molar-refractivity contribution in [3.8, 4) is 11.5 Å². The summed E-state index contributed by atoms with van der Waals surface area (Å²) >= 11 is 0. The van der Waals surface area contributed by atoms with Gasteiger partial charge in [0.2, 0.25) is 5.91 Å². The Morgan fingerprint density at radius 1 is 1.11 bits per heavy atom. The number of β-amino-alcohol motifs (C(OH)–C–C–N with tert-alkyl or cyclic N) is 1. The Balaban J connectivity index is 1.36. The largest absolute Gasteiger partial charge is 0.486 e. The third-order valence-electron chi connectivity index (χ3n) is 7.45. The van der Waals surface area contributed by atoms with Gasteiger partial charge in [-0.2, -0.15) is 0 Å². The average molecular weight is 546 g/mol. The number of sulfone groups is 1. The minimum Gasteiger partial charge on any atom is -0.486 e. The first-order chi connectivity index (χ1) is 18.1. The van der Waals surface area contributed by atoms with E-state index in [2.05, 4.69) is 9.80 Å². The van der Waals surface area contributed by atoms with E-state index in [0.29, 0.717) is 50.6 Å². The summed E-state index contributed by atoms with van der Waals surface area (Å²) in [5.41, 5.74) is 8.91. The van der Waals surface area contributed by atoms with Crippen LogP contribution in [0.4, 0.5) is 0 Å². The Bertz CT molecular complexity index is 1220. The number of ether oxygens (including phenoxy) is 2. The van der Waals surface area contributed by atoms with Crippen molar-refractivity contribution in [2.45, 2.75) is 56.8 Å². The molecule has 0 bridgehead atoms. The zero-order valence-corrected chi connectivity index (χ0v) is 23.2. The summed E-state index contributed by atoms with van der Waals surface area (Å²) in [6.45, 7) is 9.09. The summed E-state index contributed by atoms with van der Waals surface area (Å²) in [6.07, 6.45) is -0.0697. The number of nitrogens with zero attached hydrogens (tertiary/aromatic N) is 2. The molecule has 0 radical (unpaired) electrons. The van der Waals surface area contributed by atoms with Crippen LogP contribution in [0.15, 0.2) is 41.3 Å². The first kappa shape index (κ1) is 28.4. The molecule has 0 spiro atoms. The van der Waals surface area contributed by atoms with E-state index in [-0.39, 0.29) is 23.2 Å². The minimum atomic E-state index is -3.40. The van der Waals surface area contributed by atoms with Gasteiger partial charge in [0.05, 0.1) is 10.6 Å². The third kappa shape index (κ3) is 6.31. The molecule has 208 valence electrons. The topological polar surface area (TPSA) is 122 Å². The molecular formula is C28H39N3O6S. The number of hydrogen-bond donors (Lipinski definition) is 2. The number of primary amides is 1. The maximum absolute atomic E-state index is 12.6. The SMILES string of the molecule is CCCCS(=O)(=O)c1ccc2c(c1)OC(C(O)CN1CCN(C(C(N)=O)c3c(C)cccc3C)CC1)CO2. The lowest BCUT2D eigenvalue weighted by molar-refractivity contribution is -0.124. The monoisotopic (exact) mass is 545 g/mol. The second-order valence-electron chi connectivity index (χ2n) is 10.3. The van der Waals surface area contributed by atoms with Gasteiger partial charge in [-0.15, -0.1) is 0 Å². The quantitative estimate of drug-likeness (QED) is 0.466. The lowest BCUT2D eigenvalue weighted by Crippen LogP contribution is -2.54. The fraction of sp³-hybridized carbons (Fsp3) is 0.536. The highest BCUT2D eigenvalue weighted by Gasteiger charge is 2.34. The Labute approximate surface area is 225 Å². The van der Waals surface area contributed by atoms with Crippen LogP contribution in [0.3, 0.4) is 0 Å². The second kappa shape index (κ2) is 12.0. The van der Waals surface area contributed by atoms with Gasteiger partial charge < -0.3 is 20.3 Å². The maximum atomic E-state index is 12.6. The van der Waals surface area contributed by atoms with Crippen molar-refractivity contribution in [3.63, 3.8) is 0 Å². The number of fused-ring (bicyclic) bond motifs is 1. The van der Waals surface area contributed by atoms with Gasteiger partial charge in [-0.25, -0.2) is 8.42 Å². The summed E-state index contributed by atoms with van der Waals surface area (Å²) in [7, 11) is -3.40. The van der Waals surface area contributed by atoms with Gasteiger partial charge in [0, 0.05) is 38.8 Å². The molecule has 1 amide bonds. The number of nitrogens with two attached hydrogens (primary N) is 1. The Kier molecular flexibility index (Phi) is 8.97. The van der Waals surface area contributed by atoms with Gasteiger partial charge in [-0.1, -0.05) is 31.5 Å². The Morgan fingerprint density at radius 2 is 1.79 bits per heavy atom. The van der Waals surface area contributed by atoms with E-state index >= 15 is 0 Å². The molecule has 2 aliphatic rings. The van der Waals surface area contributed by atoms with Gasteiger partial charge in [-0.3, -0.25) is 14.6 Å². The molecule has 9 nitrogen and oxygen atoms in total. The predicted molar refractivity (Wildman–Crippen MR) is 145 cm³/mol. The molecule has 2 aliphatic heterocycles. The summed E-state index contributed by atoms with van der Waals surface area (Å²) in [6, 6.07) is 10.1. The lowest BCUT2D eigenvalue weighted by atomic mass is 9.94. The van der Waals surface area contributed by atoms with E-state index in [1.54, 1.807) is 12.1 Å². The summed E-state index contributed by atoms with van der Waals surface area (Å²) in [5, 5.41) is 11.0. The zero-order valence-electron chi connectivity index (χ0n) is 22.4. The lowest BCUT2D eigenvalue weighted by Gasteiger charge is -2.40. The molecule has 3 atom stereocenters. The van der Waals surface area contributed by atoms with Crippen molar-refractivity contribution in [3.05, 3.63) is 53.1 Å². The molecule has 2 aromatic carbocycles. The van der Waals surface area contributed by atoms with Gasteiger partial charge in [0.25, 0.3) is 0 Å². The highest BCUT2D eigenvalue weighted by Crippen LogP contribution is 2.35. The van der Waals surface area contributed by atoms with Crippen LogP contribution in [0, 0.1) is 13.8 Å². The molecule has 1 saturated heterocycles. The molecule has 3 unspecified atom stereocenters. The fourth-order valence-electron chi connectivity index (χ4n) is 5.25. The highest BCUT2D eigenvalue weighted by molar-refractivity contribution is 7.91. The summed E-state index contributed by atoms with van der Waals surface area (Å²) < 4.78 is 37.0. The number of benzene rings is 2. The molecule has 0 aliphatic carbocycles. The number of aliphatic hydroxyl groups is 1. The van der Waals surface area contributed by atoms with Crippen molar-refractivity contribution in [1.29, 1.82) is 0 Å². The number of rotatable bonds is 10. The van der Waals surface area contributed by atoms with E-state index in [1.807, 2.05) is 39.0 Å². The average Bonchev–Trinajstić information content (AvgIpc) is 2.89. The van der Waals surface area contributed by atoms with Crippen molar-refractivity contribution < 1.29 is 27.8 Å². The van der Waals surface area contributed by atoms with Crippen LogP contribution in [-0.2, 0) is 14.6 Å². The molecule has 0 aromatic heterocycles. The molecule has 4 rings (SSSR count). The standard InChI is InChI=1S/C28H39N3O6S/c1-4-5-15-38(34,35)21-9-10-23-24(16-21)37-25(18-36-23)22(32)17-30-11-13-31(14-12-30)27(28(29)33)26-19(2)7-6-8-20(26)3/h6-10,16,22,25,27,32H,4-5,11-15,17-18H2,1-3H3,(H2,29,33). The van der Waals surface area contributed by atoms with Gasteiger partial charge in [-0.05, 0) is 49.1 Å². The van der Waals surface area contributed by atoms with Gasteiger partial charge >= 0.3 is 0 Å². The van der Waals surface area contributed by atoms with Gasteiger partial charge in [0.1, 0.15) is 18.8 Å². The maximum Gasteiger partial charge on any atom is 0.239 e. The minimum absolute atomic E-state index is 0.0845. The number of carbonyl (C=O) groups is 1.